The number of hydrogen-bond donors (Lipinski definition) is 2. The van der Waals surface area contributed by atoms with Crippen molar-refractivity contribution in [3.63, 3.8) is 0 Å². The molecule has 2 N–H and O–H groups in total. The van der Waals surface area contributed by atoms with Crippen LogP contribution in [0.3, 0.4) is 0 Å². The van der Waals surface area contributed by atoms with Gasteiger partial charge in [0.25, 0.3) is 0 Å². The molecule has 0 unspecified atom stereocenters. The maximum atomic E-state index is 8.97. The highest BCUT2D eigenvalue weighted by Gasteiger charge is 2.07. The van der Waals surface area contributed by atoms with Crippen LogP contribution in [0.4, 0.5) is 0 Å². The molecule has 0 aliphatic heterocycles. The van der Waals surface area contributed by atoms with Crippen molar-refractivity contribution in [3.05, 3.63) is 33.9 Å². The quantitative estimate of drug-likeness (QED) is 0.881. The van der Waals surface area contributed by atoms with Crippen LogP contribution in [0.15, 0.2) is 22.8 Å². The highest BCUT2D eigenvalue weighted by molar-refractivity contribution is 9.10. The normalized spacial score (nSPS) is 11.1. The Bertz CT molecular complexity index is 476. The minimum atomic E-state index is 0.195. The first-order chi connectivity index (χ1) is 7.26. The zero-order valence-electron chi connectivity index (χ0n) is 8.68. The molecular weight excluding hydrogens is 254 g/mol. The lowest BCUT2D eigenvalue weighted by Crippen LogP contribution is -1.89. The van der Waals surface area contributed by atoms with Crippen molar-refractivity contribution in [3.8, 4) is 0 Å². The van der Waals surface area contributed by atoms with Gasteiger partial charge in [0.1, 0.15) is 0 Å². The molecule has 1 aromatic heterocycles. The van der Waals surface area contributed by atoms with E-state index in [1.165, 1.54) is 22.0 Å². The largest absolute Gasteiger partial charge is 0.396 e. The molecule has 2 aromatic rings. The summed E-state index contributed by atoms with van der Waals surface area (Å²) in [4.78, 5) is 3.29. The molecule has 0 spiro atoms. The topological polar surface area (TPSA) is 36.0 Å². The fraction of sp³-hybridized carbons (Fsp3) is 0.333. The number of halogens is 1. The number of benzene rings is 1. The van der Waals surface area contributed by atoms with Gasteiger partial charge in [-0.15, -0.1) is 0 Å². The zero-order valence-corrected chi connectivity index (χ0v) is 10.3. The zero-order chi connectivity index (χ0) is 10.8. The van der Waals surface area contributed by atoms with Gasteiger partial charge in [-0.25, -0.2) is 0 Å². The van der Waals surface area contributed by atoms with Crippen LogP contribution in [0.1, 0.15) is 18.1 Å². The van der Waals surface area contributed by atoms with Crippen molar-refractivity contribution in [2.45, 2.75) is 19.8 Å². The third kappa shape index (κ3) is 1.94. The molecule has 80 valence electrons. The SMILES string of the molecule is CCc1cc(Br)cc2c(CCO)c[nH]c12. The molecule has 1 aromatic carbocycles. The van der Waals surface area contributed by atoms with Crippen LogP contribution in [0.25, 0.3) is 10.9 Å². The number of hydrogen-bond acceptors (Lipinski definition) is 1. The smallest absolute Gasteiger partial charge is 0.0490 e. The van der Waals surface area contributed by atoms with Crippen LogP contribution in [-0.4, -0.2) is 16.7 Å². The predicted molar refractivity (Wildman–Crippen MR) is 66.2 cm³/mol. The van der Waals surface area contributed by atoms with Crippen LogP contribution in [-0.2, 0) is 12.8 Å². The molecule has 0 aliphatic carbocycles. The Labute approximate surface area is 97.4 Å². The highest BCUT2D eigenvalue weighted by atomic mass is 79.9. The number of fused-ring (bicyclic) bond motifs is 1. The van der Waals surface area contributed by atoms with E-state index in [0.717, 1.165) is 10.9 Å². The summed E-state index contributed by atoms with van der Waals surface area (Å²) < 4.78 is 1.10. The summed E-state index contributed by atoms with van der Waals surface area (Å²) in [5.74, 6) is 0. The highest BCUT2D eigenvalue weighted by Crippen LogP contribution is 2.27. The summed E-state index contributed by atoms with van der Waals surface area (Å²) in [7, 11) is 0. The summed E-state index contributed by atoms with van der Waals surface area (Å²) in [5, 5.41) is 10.2. The molecule has 2 nitrogen and oxygen atoms in total. The standard InChI is InChI=1S/C12H14BrNO/c1-2-8-5-10(13)6-11-9(3-4-15)7-14-12(8)11/h5-7,14-15H,2-4H2,1H3. The number of H-pyrrole nitrogens is 1. The van der Waals surface area contributed by atoms with Crippen LogP contribution >= 0.6 is 15.9 Å². The fourth-order valence-corrected chi connectivity index (χ4v) is 2.44. The van der Waals surface area contributed by atoms with Crippen molar-refractivity contribution in [1.29, 1.82) is 0 Å². The summed E-state index contributed by atoms with van der Waals surface area (Å²) in [6.07, 6.45) is 3.71. The Morgan fingerprint density at radius 3 is 2.80 bits per heavy atom. The van der Waals surface area contributed by atoms with Crippen molar-refractivity contribution < 1.29 is 5.11 Å². The number of aliphatic hydroxyl groups excluding tert-OH is 1. The van der Waals surface area contributed by atoms with E-state index in [4.69, 9.17) is 5.11 Å². The lowest BCUT2D eigenvalue weighted by molar-refractivity contribution is 0.300. The Morgan fingerprint density at radius 2 is 2.13 bits per heavy atom. The second kappa shape index (κ2) is 4.37. The molecule has 0 amide bonds. The molecule has 0 bridgehead atoms. The van der Waals surface area contributed by atoms with Crippen molar-refractivity contribution >= 4 is 26.8 Å². The fourth-order valence-electron chi connectivity index (χ4n) is 1.93. The van der Waals surface area contributed by atoms with Gasteiger partial charge in [0.2, 0.25) is 0 Å². The first-order valence-corrected chi connectivity index (χ1v) is 5.94. The lowest BCUT2D eigenvalue weighted by Gasteiger charge is -2.02. The van der Waals surface area contributed by atoms with Gasteiger partial charge in [0.15, 0.2) is 0 Å². The Balaban J connectivity index is 2.64. The van der Waals surface area contributed by atoms with E-state index >= 15 is 0 Å². The molecule has 0 saturated carbocycles. The minimum absolute atomic E-state index is 0.195. The van der Waals surface area contributed by atoms with E-state index in [-0.39, 0.29) is 6.61 Å². The summed E-state index contributed by atoms with van der Waals surface area (Å²) in [5.41, 5.74) is 3.69. The van der Waals surface area contributed by atoms with Crippen LogP contribution in [0.5, 0.6) is 0 Å². The molecule has 1 heterocycles. The average molecular weight is 268 g/mol. The Kier molecular flexibility index (Phi) is 3.12. The Hall–Kier alpha value is -0.800. The summed E-state index contributed by atoms with van der Waals surface area (Å²) in [6, 6.07) is 4.25. The molecule has 2 rings (SSSR count). The first-order valence-electron chi connectivity index (χ1n) is 5.15. The Morgan fingerprint density at radius 1 is 1.33 bits per heavy atom. The number of aromatic nitrogens is 1. The number of nitrogens with one attached hydrogen (secondary N) is 1. The molecule has 0 saturated heterocycles. The van der Waals surface area contributed by atoms with E-state index in [1.54, 1.807) is 0 Å². The van der Waals surface area contributed by atoms with Gasteiger partial charge in [-0.05, 0) is 36.1 Å². The van der Waals surface area contributed by atoms with Gasteiger partial charge in [-0.2, -0.15) is 0 Å². The van der Waals surface area contributed by atoms with Gasteiger partial charge in [0, 0.05) is 28.2 Å². The van der Waals surface area contributed by atoms with Gasteiger partial charge in [-0.1, -0.05) is 22.9 Å². The summed E-state index contributed by atoms with van der Waals surface area (Å²) in [6.45, 7) is 2.34. The first kappa shape index (κ1) is 10.7. The number of aryl methyl sites for hydroxylation is 1. The van der Waals surface area contributed by atoms with Gasteiger partial charge >= 0.3 is 0 Å². The minimum Gasteiger partial charge on any atom is -0.396 e. The predicted octanol–water partition coefficient (Wildman–Crippen LogP) is 3.03. The molecule has 3 heteroatoms. The van der Waals surface area contributed by atoms with Crippen molar-refractivity contribution in [2.24, 2.45) is 0 Å². The molecule has 15 heavy (non-hydrogen) atoms. The number of rotatable bonds is 3. The lowest BCUT2D eigenvalue weighted by atomic mass is 10.1. The second-order valence-electron chi connectivity index (χ2n) is 3.63. The molecule has 0 atom stereocenters. The van der Waals surface area contributed by atoms with Gasteiger partial charge < -0.3 is 10.1 Å². The van der Waals surface area contributed by atoms with Crippen molar-refractivity contribution in [2.75, 3.05) is 6.61 Å². The summed E-state index contributed by atoms with van der Waals surface area (Å²) >= 11 is 3.52. The molecule has 0 radical (unpaired) electrons. The second-order valence-corrected chi connectivity index (χ2v) is 4.54. The maximum Gasteiger partial charge on any atom is 0.0490 e. The van der Waals surface area contributed by atoms with E-state index in [9.17, 15) is 0 Å². The van der Waals surface area contributed by atoms with E-state index in [0.29, 0.717) is 6.42 Å². The monoisotopic (exact) mass is 267 g/mol. The number of aromatic amines is 1. The molecule has 0 fully saturated rings. The van der Waals surface area contributed by atoms with Gasteiger partial charge in [0.05, 0.1) is 0 Å². The third-order valence-electron chi connectivity index (χ3n) is 2.68. The van der Waals surface area contributed by atoms with Crippen LogP contribution in [0.2, 0.25) is 0 Å². The third-order valence-corrected chi connectivity index (χ3v) is 3.14. The molecule has 0 aliphatic rings. The van der Waals surface area contributed by atoms with Gasteiger partial charge in [-0.3, -0.25) is 0 Å². The van der Waals surface area contributed by atoms with E-state index in [2.05, 4.69) is 40.0 Å². The van der Waals surface area contributed by atoms with E-state index < -0.39 is 0 Å². The number of aliphatic hydroxyl groups is 1. The average Bonchev–Trinajstić information content (AvgIpc) is 2.61. The van der Waals surface area contributed by atoms with Crippen LogP contribution in [0, 0.1) is 0 Å². The van der Waals surface area contributed by atoms with Crippen molar-refractivity contribution in [1.82, 2.24) is 4.98 Å². The molecular formula is C12H14BrNO. The van der Waals surface area contributed by atoms with E-state index in [1.807, 2.05) is 6.20 Å². The van der Waals surface area contributed by atoms with Crippen LogP contribution < -0.4 is 0 Å². The maximum absolute atomic E-state index is 8.97.